The van der Waals surface area contributed by atoms with E-state index in [1.54, 1.807) is 4.90 Å². The molecule has 2 aliphatic heterocycles. The predicted molar refractivity (Wildman–Crippen MR) is 97.6 cm³/mol. The summed E-state index contributed by atoms with van der Waals surface area (Å²) in [5, 5.41) is 0. The van der Waals surface area contributed by atoms with Gasteiger partial charge in [0.25, 0.3) is 0 Å². The molecule has 6 heteroatoms. The SMILES string of the molecule is C[C@@H]1C[C@@H]2CN(C(=O)OC(C)(C)C)C[C@H]1N2C(=O)OCc1ccccc1. The van der Waals surface area contributed by atoms with Gasteiger partial charge in [-0.1, -0.05) is 37.3 Å². The molecule has 0 saturated carbocycles. The second-order valence-electron chi connectivity index (χ2n) is 8.27. The second kappa shape index (κ2) is 7.17. The number of carbonyl (C=O) groups excluding carboxylic acids is 2. The van der Waals surface area contributed by atoms with E-state index in [9.17, 15) is 9.59 Å². The fourth-order valence-electron chi connectivity index (χ4n) is 3.78. The maximum absolute atomic E-state index is 12.7. The monoisotopic (exact) mass is 360 g/mol. The van der Waals surface area contributed by atoms with Gasteiger partial charge in [-0.25, -0.2) is 9.59 Å². The highest BCUT2D eigenvalue weighted by Crippen LogP contribution is 2.35. The zero-order valence-corrected chi connectivity index (χ0v) is 16.0. The van der Waals surface area contributed by atoms with Crippen LogP contribution in [0, 0.1) is 5.92 Å². The molecule has 0 N–H and O–H groups in total. The van der Waals surface area contributed by atoms with Crippen molar-refractivity contribution in [2.75, 3.05) is 13.1 Å². The summed E-state index contributed by atoms with van der Waals surface area (Å²) in [6, 6.07) is 9.62. The number of rotatable bonds is 2. The second-order valence-corrected chi connectivity index (χ2v) is 8.27. The first-order valence-corrected chi connectivity index (χ1v) is 9.21. The molecule has 0 spiro atoms. The number of ether oxygens (including phenoxy) is 2. The van der Waals surface area contributed by atoms with Gasteiger partial charge in [0.05, 0.1) is 12.1 Å². The Balaban J connectivity index is 1.62. The Hall–Kier alpha value is -2.24. The van der Waals surface area contributed by atoms with Crippen LogP contribution < -0.4 is 0 Å². The van der Waals surface area contributed by atoms with Gasteiger partial charge in [0.1, 0.15) is 12.2 Å². The number of piperazine rings is 1. The fraction of sp³-hybridized carbons (Fsp3) is 0.600. The van der Waals surface area contributed by atoms with Gasteiger partial charge in [-0.15, -0.1) is 0 Å². The Morgan fingerprint density at radius 2 is 1.81 bits per heavy atom. The van der Waals surface area contributed by atoms with Crippen LogP contribution in [0.25, 0.3) is 0 Å². The highest BCUT2D eigenvalue weighted by atomic mass is 16.6. The van der Waals surface area contributed by atoms with Gasteiger partial charge in [-0.2, -0.15) is 0 Å². The van der Waals surface area contributed by atoms with Gasteiger partial charge in [-0.3, -0.25) is 4.90 Å². The Morgan fingerprint density at radius 1 is 1.12 bits per heavy atom. The third-order valence-electron chi connectivity index (χ3n) is 4.96. The number of hydrogen-bond acceptors (Lipinski definition) is 4. The van der Waals surface area contributed by atoms with E-state index in [0.29, 0.717) is 19.0 Å². The summed E-state index contributed by atoms with van der Waals surface area (Å²) < 4.78 is 11.0. The molecule has 0 aromatic heterocycles. The Kier molecular flexibility index (Phi) is 5.12. The van der Waals surface area contributed by atoms with Crippen LogP contribution in [0.15, 0.2) is 30.3 Å². The van der Waals surface area contributed by atoms with E-state index in [2.05, 4.69) is 6.92 Å². The van der Waals surface area contributed by atoms with Crippen LogP contribution in [0.4, 0.5) is 9.59 Å². The Labute approximate surface area is 155 Å². The summed E-state index contributed by atoms with van der Waals surface area (Å²) >= 11 is 0. The third-order valence-corrected chi connectivity index (χ3v) is 4.96. The average molecular weight is 360 g/mol. The zero-order valence-electron chi connectivity index (χ0n) is 16.0. The van der Waals surface area contributed by atoms with Crippen LogP contribution >= 0.6 is 0 Å². The number of hydrogen-bond donors (Lipinski definition) is 0. The molecule has 2 amide bonds. The molecule has 2 bridgehead atoms. The number of carbonyl (C=O) groups is 2. The minimum atomic E-state index is -0.520. The summed E-state index contributed by atoms with van der Waals surface area (Å²) in [5.41, 5.74) is 0.446. The first-order chi connectivity index (χ1) is 12.2. The maximum atomic E-state index is 12.7. The van der Waals surface area contributed by atoms with E-state index >= 15 is 0 Å². The Bertz CT molecular complexity index is 656. The van der Waals surface area contributed by atoms with E-state index in [4.69, 9.17) is 9.47 Å². The van der Waals surface area contributed by atoms with Crippen LogP contribution in [-0.2, 0) is 16.1 Å². The summed E-state index contributed by atoms with van der Waals surface area (Å²) in [6.45, 7) is 8.96. The van der Waals surface area contributed by atoms with E-state index in [0.717, 1.165) is 12.0 Å². The molecule has 2 fully saturated rings. The lowest BCUT2D eigenvalue weighted by molar-refractivity contribution is -0.00292. The lowest BCUT2D eigenvalue weighted by atomic mass is 10.0. The molecule has 3 atom stereocenters. The van der Waals surface area contributed by atoms with Crippen LogP contribution in [0.5, 0.6) is 0 Å². The largest absolute Gasteiger partial charge is 0.445 e. The molecule has 0 unspecified atom stereocenters. The summed E-state index contributed by atoms with van der Waals surface area (Å²) in [6.07, 6.45) is 0.278. The molecule has 142 valence electrons. The van der Waals surface area contributed by atoms with Crippen LogP contribution in [-0.4, -0.2) is 52.8 Å². The van der Waals surface area contributed by atoms with Gasteiger partial charge in [0, 0.05) is 13.1 Å². The first-order valence-electron chi connectivity index (χ1n) is 9.21. The van der Waals surface area contributed by atoms with Crippen molar-refractivity contribution >= 4 is 12.2 Å². The van der Waals surface area contributed by atoms with Crippen LogP contribution in [0.1, 0.15) is 39.7 Å². The molecule has 1 aromatic rings. The molecule has 0 radical (unpaired) electrons. The van der Waals surface area contributed by atoms with Crippen molar-refractivity contribution < 1.29 is 19.1 Å². The predicted octanol–water partition coefficient (Wildman–Crippen LogP) is 3.65. The van der Waals surface area contributed by atoms with E-state index in [1.807, 2.05) is 56.0 Å². The highest BCUT2D eigenvalue weighted by Gasteiger charge is 2.49. The molecule has 2 saturated heterocycles. The normalized spacial score (nSPS) is 25.2. The quantitative estimate of drug-likeness (QED) is 0.808. The molecule has 6 nitrogen and oxygen atoms in total. The van der Waals surface area contributed by atoms with E-state index in [-0.39, 0.29) is 30.9 Å². The minimum Gasteiger partial charge on any atom is -0.445 e. The lowest BCUT2D eigenvalue weighted by Crippen LogP contribution is -2.58. The lowest BCUT2D eigenvalue weighted by Gasteiger charge is -2.41. The summed E-state index contributed by atoms with van der Waals surface area (Å²) in [4.78, 5) is 28.6. The number of likely N-dealkylation sites (tertiary alicyclic amines) is 1. The van der Waals surface area contributed by atoms with Gasteiger partial charge in [-0.05, 0) is 38.7 Å². The van der Waals surface area contributed by atoms with Crippen molar-refractivity contribution in [2.24, 2.45) is 5.92 Å². The average Bonchev–Trinajstić information content (AvgIpc) is 2.77. The molecule has 2 heterocycles. The summed E-state index contributed by atoms with van der Waals surface area (Å²) in [7, 11) is 0. The van der Waals surface area contributed by atoms with Gasteiger partial charge >= 0.3 is 12.2 Å². The zero-order chi connectivity index (χ0) is 18.9. The number of fused-ring (bicyclic) bond motifs is 2. The van der Waals surface area contributed by atoms with Crippen molar-refractivity contribution in [3.05, 3.63) is 35.9 Å². The number of amides is 2. The summed E-state index contributed by atoms with van der Waals surface area (Å²) in [5.74, 6) is 0.330. The molecular weight excluding hydrogens is 332 g/mol. The first kappa shape index (κ1) is 18.5. The molecule has 2 aliphatic rings. The molecule has 3 rings (SSSR count). The van der Waals surface area contributed by atoms with Crippen molar-refractivity contribution in [2.45, 2.75) is 58.4 Å². The van der Waals surface area contributed by atoms with Crippen molar-refractivity contribution in [1.82, 2.24) is 9.80 Å². The van der Waals surface area contributed by atoms with Crippen molar-refractivity contribution in [3.8, 4) is 0 Å². The maximum Gasteiger partial charge on any atom is 0.410 e. The fourth-order valence-corrected chi connectivity index (χ4v) is 3.78. The smallest absolute Gasteiger partial charge is 0.410 e. The minimum absolute atomic E-state index is 0.0143. The van der Waals surface area contributed by atoms with E-state index in [1.165, 1.54) is 0 Å². The third kappa shape index (κ3) is 4.11. The van der Waals surface area contributed by atoms with Crippen molar-refractivity contribution in [1.29, 1.82) is 0 Å². The van der Waals surface area contributed by atoms with Gasteiger partial charge in [0.15, 0.2) is 0 Å². The molecule has 26 heavy (non-hydrogen) atoms. The molecular formula is C20H28N2O4. The highest BCUT2D eigenvalue weighted by molar-refractivity contribution is 5.72. The Morgan fingerprint density at radius 3 is 2.42 bits per heavy atom. The van der Waals surface area contributed by atoms with Crippen LogP contribution in [0.2, 0.25) is 0 Å². The molecule has 1 aromatic carbocycles. The number of benzene rings is 1. The van der Waals surface area contributed by atoms with Crippen molar-refractivity contribution in [3.63, 3.8) is 0 Å². The van der Waals surface area contributed by atoms with Gasteiger partial charge in [0.2, 0.25) is 0 Å². The van der Waals surface area contributed by atoms with Gasteiger partial charge < -0.3 is 14.4 Å². The van der Waals surface area contributed by atoms with E-state index < -0.39 is 5.60 Å². The topological polar surface area (TPSA) is 59.1 Å². The van der Waals surface area contributed by atoms with Crippen LogP contribution in [0.3, 0.4) is 0 Å². The molecule has 0 aliphatic carbocycles. The standard InChI is InChI=1S/C20H28N2O4/c1-14-10-16-11-21(18(23)26-20(2,3)4)12-17(14)22(16)19(24)25-13-15-8-6-5-7-9-15/h5-9,14,16-17H,10-13H2,1-4H3/t14-,16-,17-/m1/s1. The number of nitrogens with zero attached hydrogens (tertiary/aromatic N) is 2.